The lowest BCUT2D eigenvalue weighted by molar-refractivity contribution is -0.116. The SMILES string of the molecule is CCOc1ccc2nc(-n3nc(C)c4c3NC(=O)CC4c3ccc4c(c3)OCO4)sc2c1. The molecule has 0 spiro atoms. The van der Waals surface area contributed by atoms with Gasteiger partial charge in [-0.15, -0.1) is 0 Å². The summed E-state index contributed by atoms with van der Waals surface area (Å²) in [5, 5.41) is 8.48. The normalized spacial score (nSPS) is 16.8. The Hall–Kier alpha value is -3.59. The molecule has 4 heterocycles. The first-order valence-electron chi connectivity index (χ1n) is 10.4. The Morgan fingerprint density at radius 2 is 2.09 bits per heavy atom. The Labute approximate surface area is 187 Å². The zero-order valence-corrected chi connectivity index (χ0v) is 18.4. The number of aryl methyl sites for hydroxylation is 1. The molecule has 1 atom stereocenters. The van der Waals surface area contributed by atoms with Crippen molar-refractivity contribution >= 4 is 33.3 Å². The third kappa shape index (κ3) is 3.00. The minimum atomic E-state index is -0.124. The zero-order valence-electron chi connectivity index (χ0n) is 17.5. The molecule has 162 valence electrons. The molecule has 6 rings (SSSR count). The summed E-state index contributed by atoms with van der Waals surface area (Å²) in [4.78, 5) is 17.4. The van der Waals surface area contributed by atoms with Gasteiger partial charge >= 0.3 is 0 Å². The van der Waals surface area contributed by atoms with Gasteiger partial charge in [-0.25, -0.2) is 4.98 Å². The molecule has 0 saturated carbocycles. The van der Waals surface area contributed by atoms with Crippen LogP contribution in [0.15, 0.2) is 36.4 Å². The van der Waals surface area contributed by atoms with Crippen LogP contribution < -0.4 is 19.5 Å². The molecule has 0 bridgehead atoms. The average molecular weight is 449 g/mol. The number of hydrogen-bond acceptors (Lipinski definition) is 7. The number of hydrogen-bond donors (Lipinski definition) is 1. The number of rotatable bonds is 4. The van der Waals surface area contributed by atoms with Crippen LogP contribution in [0.1, 0.15) is 36.1 Å². The van der Waals surface area contributed by atoms with E-state index in [4.69, 9.17) is 24.3 Å². The summed E-state index contributed by atoms with van der Waals surface area (Å²) in [7, 11) is 0. The van der Waals surface area contributed by atoms with E-state index < -0.39 is 0 Å². The molecule has 2 aromatic heterocycles. The Morgan fingerprint density at radius 3 is 2.97 bits per heavy atom. The predicted molar refractivity (Wildman–Crippen MR) is 120 cm³/mol. The van der Waals surface area contributed by atoms with Crippen molar-refractivity contribution in [2.75, 3.05) is 18.7 Å². The van der Waals surface area contributed by atoms with Gasteiger partial charge in [0.05, 0.1) is 22.5 Å². The molecule has 0 fully saturated rings. The van der Waals surface area contributed by atoms with E-state index in [2.05, 4.69) is 5.32 Å². The number of benzene rings is 2. The van der Waals surface area contributed by atoms with Gasteiger partial charge in [0.1, 0.15) is 11.6 Å². The van der Waals surface area contributed by atoms with Crippen LogP contribution in [0.2, 0.25) is 0 Å². The topological polar surface area (TPSA) is 87.5 Å². The number of anilines is 1. The van der Waals surface area contributed by atoms with Crippen LogP contribution in [0.3, 0.4) is 0 Å². The molecule has 1 unspecified atom stereocenters. The van der Waals surface area contributed by atoms with Crippen molar-refractivity contribution in [1.29, 1.82) is 0 Å². The van der Waals surface area contributed by atoms with Crippen LogP contribution in [0, 0.1) is 6.92 Å². The number of ether oxygens (including phenoxy) is 3. The second kappa shape index (κ2) is 7.23. The molecule has 1 N–H and O–H groups in total. The first-order chi connectivity index (χ1) is 15.6. The maximum absolute atomic E-state index is 12.7. The number of thiazole rings is 1. The molecule has 0 radical (unpaired) electrons. The highest BCUT2D eigenvalue weighted by Crippen LogP contribution is 2.44. The monoisotopic (exact) mass is 448 g/mol. The number of fused-ring (bicyclic) bond motifs is 3. The van der Waals surface area contributed by atoms with Gasteiger partial charge < -0.3 is 19.5 Å². The zero-order chi connectivity index (χ0) is 21.8. The largest absolute Gasteiger partial charge is 0.494 e. The third-order valence-corrected chi connectivity index (χ3v) is 6.74. The first-order valence-corrected chi connectivity index (χ1v) is 11.2. The van der Waals surface area contributed by atoms with Crippen LogP contribution in [-0.4, -0.2) is 34.1 Å². The number of nitrogens with zero attached hydrogens (tertiary/aromatic N) is 3. The van der Waals surface area contributed by atoms with E-state index in [0.717, 1.165) is 38.5 Å². The summed E-state index contributed by atoms with van der Waals surface area (Å²) < 4.78 is 19.3. The summed E-state index contributed by atoms with van der Waals surface area (Å²) in [5.41, 5.74) is 3.72. The molecule has 2 aromatic carbocycles. The molecule has 32 heavy (non-hydrogen) atoms. The molecular weight excluding hydrogens is 428 g/mol. The van der Waals surface area contributed by atoms with Crippen molar-refractivity contribution in [1.82, 2.24) is 14.8 Å². The highest BCUT2D eigenvalue weighted by atomic mass is 32.1. The highest BCUT2D eigenvalue weighted by Gasteiger charge is 2.34. The second-order valence-corrected chi connectivity index (χ2v) is 8.75. The lowest BCUT2D eigenvalue weighted by Crippen LogP contribution is -2.24. The minimum absolute atomic E-state index is 0.0546. The first kappa shape index (κ1) is 19.1. The summed E-state index contributed by atoms with van der Waals surface area (Å²) in [5.74, 6) is 2.73. The van der Waals surface area contributed by atoms with Crippen molar-refractivity contribution in [2.24, 2.45) is 0 Å². The van der Waals surface area contributed by atoms with Crippen molar-refractivity contribution in [3.63, 3.8) is 0 Å². The van der Waals surface area contributed by atoms with E-state index in [1.54, 1.807) is 4.68 Å². The molecule has 0 aliphatic carbocycles. The number of nitrogens with one attached hydrogen (secondary N) is 1. The Balaban J connectivity index is 1.45. The van der Waals surface area contributed by atoms with Gasteiger partial charge in [-0.05, 0) is 49.7 Å². The third-order valence-electron chi connectivity index (χ3n) is 5.74. The summed E-state index contributed by atoms with van der Waals surface area (Å²) in [6, 6.07) is 11.7. The highest BCUT2D eigenvalue weighted by molar-refractivity contribution is 7.20. The smallest absolute Gasteiger partial charge is 0.231 e. The molecule has 2 aliphatic rings. The predicted octanol–water partition coefficient (Wildman–Crippen LogP) is 4.39. The van der Waals surface area contributed by atoms with Crippen molar-refractivity contribution in [2.45, 2.75) is 26.2 Å². The Bertz CT molecular complexity index is 1380. The number of carbonyl (C=O) groups is 1. The number of carbonyl (C=O) groups excluding carboxylic acids is 1. The quantitative estimate of drug-likeness (QED) is 0.498. The van der Waals surface area contributed by atoms with Gasteiger partial charge in [0.2, 0.25) is 17.8 Å². The van der Waals surface area contributed by atoms with Crippen molar-refractivity contribution in [3.8, 4) is 22.4 Å². The van der Waals surface area contributed by atoms with E-state index in [1.807, 2.05) is 50.2 Å². The van der Waals surface area contributed by atoms with Crippen LogP contribution in [0.5, 0.6) is 17.2 Å². The summed E-state index contributed by atoms with van der Waals surface area (Å²) in [6.45, 7) is 4.75. The van der Waals surface area contributed by atoms with E-state index in [9.17, 15) is 4.79 Å². The minimum Gasteiger partial charge on any atom is -0.494 e. The van der Waals surface area contributed by atoms with Gasteiger partial charge in [-0.3, -0.25) is 4.79 Å². The maximum atomic E-state index is 12.7. The molecular formula is C23H20N4O4S. The second-order valence-electron chi connectivity index (χ2n) is 7.74. The maximum Gasteiger partial charge on any atom is 0.231 e. The van der Waals surface area contributed by atoms with Crippen molar-refractivity contribution in [3.05, 3.63) is 53.2 Å². The van der Waals surface area contributed by atoms with Crippen LogP contribution in [-0.2, 0) is 4.79 Å². The Morgan fingerprint density at radius 1 is 1.22 bits per heavy atom. The standard InChI is InChI=1S/C23H20N4O4S/c1-3-29-14-5-6-16-19(9-14)32-23(24-16)27-22-21(12(2)26-27)15(10-20(28)25-22)13-4-7-17-18(8-13)31-11-30-17/h4-9,15H,3,10-11H2,1-2H3,(H,25,28). The number of amides is 1. The van der Waals surface area contributed by atoms with Crippen LogP contribution in [0.4, 0.5) is 5.82 Å². The van der Waals surface area contributed by atoms with Gasteiger partial charge in [0.15, 0.2) is 11.5 Å². The van der Waals surface area contributed by atoms with Crippen LogP contribution in [0.25, 0.3) is 15.3 Å². The van der Waals surface area contributed by atoms with Crippen molar-refractivity contribution < 1.29 is 19.0 Å². The van der Waals surface area contributed by atoms with E-state index in [-0.39, 0.29) is 18.6 Å². The van der Waals surface area contributed by atoms with Gasteiger partial charge in [0, 0.05) is 17.9 Å². The van der Waals surface area contributed by atoms with E-state index in [1.165, 1.54) is 11.3 Å². The lowest BCUT2D eigenvalue weighted by atomic mass is 9.85. The van der Waals surface area contributed by atoms with Gasteiger partial charge in [0.25, 0.3) is 0 Å². The molecule has 2 aliphatic heterocycles. The van der Waals surface area contributed by atoms with E-state index >= 15 is 0 Å². The fourth-order valence-corrected chi connectivity index (χ4v) is 5.29. The fourth-order valence-electron chi connectivity index (χ4n) is 4.34. The molecule has 9 heteroatoms. The molecule has 4 aromatic rings. The van der Waals surface area contributed by atoms with Gasteiger partial charge in [-0.2, -0.15) is 9.78 Å². The Kier molecular flexibility index (Phi) is 4.32. The molecule has 8 nitrogen and oxygen atoms in total. The molecule has 1 amide bonds. The summed E-state index contributed by atoms with van der Waals surface area (Å²) in [6.07, 6.45) is 0.344. The lowest BCUT2D eigenvalue weighted by Gasteiger charge is -2.24. The van der Waals surface area contributed by atoms with Gasteiger partial charge in [-0.1, -0.05) is 17.4 Å². The van der Waals surface area contributed by atoms with E-state index in [0.29, 0.717) is 29.7 Å². The number of aromatic nitrogens is 3. The fraction of sp³-hybridized carbons (Fsp3) is 0.261. The summed E-state index contributed by atoms with van der Waals surface area (Å²) >= 11 is 1.51. The molecule has 0 saturated heterocycles. The van der Waals surface area contributed by atoms with Crippen LogP contribution >= 0.6 is 11.3 Å². The average Bonchev–Trinajstić information content (AvgIpc) is 3.49.